The van der Waals surface area contributed by atoms with Gasteiger partial charge in [-0.25, -0.2) is 0 Å². The number of ether oxygens (including phenoxy) is 2. The van der Waals surface area contributed by atoms with Crippen molar-refractivity contribution in [2.45, 2.75) is 46.5 Å². The lowest BCUT2D eigenvalue weighted by molar-refractivity contribution is -0.161. The molecule has 0 aromatic rings. The molecule has 0 saturated carbocycles. The fourth-order valence-corrected chi connectivity index (χ4v) is 1.95. The van der Waals surface area contributed by atoms with E-state index in [1.165, 1.54) is 6.92 Å². The first kappa shape index (κ1) is 18.3. The number of carbonyl (C=O) groups is 4. The highest BCUT2D eigenvalue weighted by molar-refractivity contribution is 6.03. The van der Waals surface area contributed by atoms with Crippen LogP contribution in [0, 0.1) is 5.41 Å². The third-order valence-electron chi connectivity index (χ3n) is 3.09. The minimum absolute atomic E-state index is 0.00611. The first-order chi connectivity index (χ1) is 9.44. The van der Waals surface area contributed by atoms with Gasteiger partial charge in [0.1, 0.15) is 17.5 Å². The number of carbonyl (C=O) groups excluding carboxylic acids is 4. The van der Waals surface area contributed by atoms with E-state index in [4.69, 9.17) is 9.47 Å². The molecule has 0 aromatic carbocycles. The third-order valence-corrected chi connectivity index (χ3v) is 3.09. The summed E-state index contributed by atoms with van der Waals surface area (Å²) in [7, 11) is 0. The van der Waals surface area contributed by atoms with Gasteiger partial charge in [-0.2, -0.15) is 0 Å². The second-order valence-corrected chi connectivity index (χ2v) is 4.37. The fraction of sp³-hybridized carbons (Fsp3) is 0.714. The molecule has 1 atom stereocenters. The number of Topliss-reactive ketones (excluding diaryl/α,β-unsaturated/α-hetero) is 1. The summed E-state index contributed by atoms with van der Waals surface area (Å²) < 4.78 is 9.72. The highest BCUT2D eigenvalue weighted by Gasteiger charge is 2.44. The molecule has 20 heavy (non-hydrogen) atoms. The highest BCUT2D eigenvalue weighted by Crippen LogP contribution is 2.33. The van der Waals surface area contributed by atoms with Gasteiger partial charge in [0, 0.05) is 12.8 Å². The van der Waals surface area contributed by atoms with Gasteiger partial charge in [-0.05, 0) is 33.6 Å². The monoisotopic (exact) mass is 286 g/mol. The molecule has 0 radical (unpaired) electrons. The molecule has 0 amide bonds. The van der Waals surface area contributed by atoms with Crippen molar-refractivity contribution in [2.75, 3.05) is 13.2 Å². The van der Waals surface area contributed by atoms with Gasteiger partial charge in [0.25, 0.3) is 0 Å². The number of esters is 2. The van der Waals surface area contributed by atoms with E-state index in [0.717, 1.165) is 0 Å². The summed E-state index contributed by atoms with van der Waals surface area (Å²) in [6.07, 6.45) is 0.672. The largest absolute Gasteiger partial charge is 0.466 e. The minimum Gasteiger partial charge on any atom is -0.466 e. The smallest absolute Gasteiger partial charge is 0.319 e. The summed E-state index contributed by atoms with van der Waals surface area (Å²) in [5.74, 6) is -1.56. The van der Waals surface area contributed by atoms with Crippen molar-refractivity contribution in [3.05, 3.63) is 0 Å². The van der Waals surface area contributed by atoms with Crippen molar-refractivity contribution in [1.82, 2.24) is 0 Å². The molecular formula is C14H22O6. The SMILES string of the molecule is CCOC(=O)CCC(CCC=O)(C(C)=O)C(=O)OCC. The molecule has 0 heterocycles. The van der Waals surface area contributed by atoms with Crippen LogP contribution in [0.25, 0.3) is 0 Å². The van der Waals surface area contributed by atoms with E-state index in [1.807, 2.05) is 0 Å². The van der Waals surface area contributed by atoms with Crippen molar-refractivity contribution in [2.24, 2.45) is 5.41 Å². The maximum absolute atomic E-state index is 12.1. The zero-order chi connectivity index (χ0) is 15.6. The van der Waals surface area contributed by atoms with Gasteiger partial charge in [0.2, 0.25) is 0 Å². The zero-order valence-electron chi connectivity index (χ0n) is 12.3. The predicted octanol–water partition coefficient (Wildman–Crippen LogP) is 1.45. The van der Waals surface area contributed by atoms with E-state index < -0.39 is 23.1 Å². The Morgan fingerprint density at radius 2 is 1.65 bits per heavy atom. The predicted molar refractivity (Wildman–Crippen MR) is 70.9 cm³/mol. The van der Waals surface area contributed by atoms with Gasteiger partial charge in [0.05, 0.1) is 13.2 Å². The van der Waals surface area contributed by atoms with Crippen LogP contribution in [0.5, 0.6) is 0 Å². The zero-order valence-corrected chi connectivity index (χ0v) is 12.3. The molecule has 0 bridgehead atoms. The molecule has 6 nitrogen and oxygen atoms in total. The number of rotatable bonds is 10. The van der Waals surface area contributed by atoms with Crippen LogP contribution >= 0.6 is 0 Å². The fourth-order valence-electron chi connectivity index (χ4n) is 1.95. The molecule has 0 aliphatic rings. The second-order valence-electron chi connectivity index (χ2n) is 4.37. The van der Waals surface area contributed by atoms with Crippen molar-refractivity contribution in [3.63, 3.8) is 0 Å². The van der Waals surface area contributed by atoms with Crippen molar-refractivity contribution < 1.29 is 28.7 Å². The number of hydrogen-bond acceptors (Lipinski definition) is 6. The van der Waals surface area contributed by atoms with Crippen LogP contribution in [0.15, 0.2) is 0 Å². The molecule has 114 valence electrons. The molecule has 6 heteroatoms. The van der Waals surface area contributed by atoms with Crippen molar-refractivity contribution >= 4 is 24.0 Å². The quantitative estimate of drug-likeness (QED) is 0.343. The first-order valence-electron chi connectivity index (χ1n) is 6.72. The maximum Gasteiger partial charge on any atom is 0.319 e. The summed E-state index contributed by atoms with van der Waals surface area (Å²) in [6, 6.07) is 0. The van der Waals surface area contributed by atoms with Crippen LogP contribution in [0.4, 0.5) is 0 Å². The van der Waals surface area contributed by atoms with Crippen molar-refractivity contribution in [3.8, 4) is 0 Å². The van der Waals surface area contributed by atoms with Crippen LogP contribution in [0.2, 0.25) is 0 Å². The molecule has 0 fully saturated rings. The average Bonchev–Trinajstić information content (AvgIpc) is 2.39. The molecule has 0 saturated heterocycles. The summed E-state index contributed by atoms with van der Waals surface area (Å²) in [5.41, 5.74) is -1.44. The van der Waals surface area contributed by atoms with Gasteiger partial charge in [-0.3, -0.25) is 14.4 Å². The van der Waals surface area contributed by atoms with Crippen molar-refractivity contribution in [1.29, 1.82) is 0 Å². The average molecular weight is 286 g/mol. The van der Waals surface area contributed by atoms with Crippen LogP contribution in [-0.4, -0.2) is 37.2 Å². The Morgan fingerprint density at radius 3 is 2.10 bits per heavy atom. The lowest BCUT2D eigenvalue weighted by atomic mass is 9.76. The Kier molecular flexibility index (Phi) is 8.43. The summed E-state index contributed by atoms with van der Waals surface area (Å²) >= 11 is 0. The molecule has 0 aliphatic carbocycles. The van der Waals surface area contributed by atoms with Crippen LogP contribution in [-0.2, 0) is 28.7 Å². The Bertz CT molecular complexity index is 363. The van der Waals surface area contributed by atoms with Gasteiger partial charge in [-0.15, -0.1) is 0 Å². The van der Waals surface area contributed by atoms with Gasteiger partial charge >= 0.3 is 11.9 Å². The van der Waals surface area contributed by atoms with E-state index >= 15 is 0 Å². The van der Waals surface area contributed by atoms with E-state index in [-0.39, 0.29) is 38.9 Å². The van der Waals surface area contributed by atoms with Crippen LogP contribution in [0.1, 0.15) is 46.5 Å². The Morgan fingerprint density at radius 1 is 1.05 bits per heavy atom. The van der Waals surface area contributed by atoms with Crippen LogP contribution < -0.4 is 0 Å². The topological polar surface area (TPSA) is 86.7 Å². The van der Waals surface area contributed by atoms with E-state index in [1.54, 1.807) is 13.8 Å². The summed E-state index contributed by atoms with van der Waals surface area (Å²) in [5, 5.41) is 0. The lowest BCUT2D eigenvalue weighted by Crippen LogP contribution is -2.40. The number of ketones is 1. The van der Waals surface area contributed by atoms with Gasteiger partial charge < -0.3 is 14.3 Å². The molecule has 0 spiro atoms. The number of hydrogen-bond donors (Lipinski definition) is 0. The summed E-state index contributed by atoms with van der Waals surface area (Å²) in [4.78, 5) is 45.9. The van der Waals surface area contributed by atoms with E-state index in [0.29, 0.717) is 6.29 Å². The first-order valence-corrected chi connectivity index (χ1v) is 6.72. The minimum atomic E-state index is -1.44. The third kappa shape index (κ3) is 5.11. The molecule has 0 aliphatic heterocycles. The molecule has 1 unspecified atom stereocenters. The normalized spacial score (nSPS) is 13.2. The highest BCUT2D eigenvalue weighted by atomic mass is 16.5. The van der Waals surface area contributed by atoms with Gasteiger partial charge in [-0.1, -0.05) is 0 Å². The Balaban J connectivity index is 5.07. The molecule has 0 N–H and O–H groups in total. The maximum atomic E-state index is 12.1. The van der Waals surface area contributed by atoms with E-state index in [2.05, 4.69) is 0 Å². The number of aldehydes is 1. The molecule has 0 aromatic heterocycles. The van der Waals surface area contributed by atoms with Gasteiger partial charge in [0.15, 0.2) is 0 Å². The standard InChI is InChI=1S/C14H22O6/c1-4-19-12(17)7-9-14(11(3)16,8-6-10-15)13(18)20-5-2/h10H,4-9H2,1-3H3. The Labute approximate surface area is 118 Å². The van der Waals surface area contributed by atoms with Crippen LogP contribution in [0.3, 0.4) is 0 Å². The second kappa shape index (κ2) is 9.23. The molecule has 0 rings (SSSR count). The van der Waals surface area contributed by atoms with E-state index in [9.17, 15) is 19.2 Å². The summed E-state index contributed by atoms with van der Waals surface area (Å²) in [6.45, 7) is 4.95. The Hall–Kier alpha value is -1.72. The molecular weight excluding hydrogens is 264 g/mol. The lowest BCUT2D eigenvalue weighted by Gasteiger charge is -2.27.